The predicted molar refractivity (Wildman–Crippen MR) is 48.9 cm³/mol. The highest BCUT2D eigenvalue weighted by atomic mass is 16.5. The molecule has 70 valence electrons. The van der Waals surface area contributed by atoms with Gasteiger partial charge in [-0.25, -0.2) is 0 Å². The van der Waals surface area contributed by atoms with Crippen molar-refractivity contribution in [1.29, 1.82) is 0 Å². The fourth-order valence-electron chi connectivity index (χ4n) is 0.981. The van der Waals surface area contributed by atoms with Gasteiger partial charge in [0.25, 0.3) is 0 Å². The van der Waals surface area contributed by atoms with Crippen LogP contribution >= 0.6 is 0 Å². The summed E-state index contributed by atoms with van der Waals surface area (Å²) in [6.45, 7) is 2.81. The summed E-state index contributed by atoms with van der Waals surface area (Å²) in [5.74, 6) is 3.29. The quantitative estimate of drug-likeness (QED) is 0.673. The highest BCUT2D eigenvalue weighted by molar-refractivity contribution is 4.98. The van der Waals surface area contributed by atoms with Crippen molar-refractivity contribution in [2.75, 3.05) is 6.54 Å². The van der Waals surface area contributed by atoms with Gasteiger partial charge in [-0.3, -0.25) is 0 Å². The van der Waals surface area contributed by atoms with E-state index in [4.69, 9.17) is 10.9 Å². The molecule has 1 aromatic rings. The maximum absolute atomic E-state index is 5.28. The summed E-state index contributed by atoms with van der Waals surface area (Å²) in [6, 6.07) is 0.142. The Balaban J connectivity index is 2.18. The van der Waals surface area contributed by atoms with Crippen LogP contribution in [0, 0.1) is 12.3 Å². The molecular weight excluding hydrogens is 166 g/mol. The second kappa shape index (κ2) is 5.33. The normalized spacial score (nSPS) is 12.3. The lowest BCUT2D eigenvalue weighted by Crippen LogP contribution is -2.28. The zero-order chi connectivity index (χ0) is 9.52. The summed E-state index contributed by atoms with van der Waals surface area (Å²) < 4.78 is 4.83. The highest BCUT2D eigenvalue weighted by Gasteiger charge is 2.02. The van der Waals surface area contributed by atoms with E-state index < -0.39 is 0 Å². The molecule has 4 nitrogen and oxygen atoms in total. The molecule has 1 aromatic heterocycles. The zero-order valence-electron chi connectivity index (χ0n) is 7.66. The van der Waals surface area contributed by atoms with Gasteiger partial charge in [0, 0.05) is 13.0 Å². The van der Waals surface area contributed by atoms with Gasteiger partial charge in [0.2, 0.25) is 5.89 Å². The topological polar surface area (TPSA) is 51.0 Å². The second-order valence-electron chi connectivity index (χ2n) is 2.67. The fourth-order valence-corrected chi connectivity index (χ4v) is 0.981. The summed E-state index contributed by atoms with van der Waals surface area (Å²) >= 11 is 0. The SMILES string of the molecule is C#CC(CC)NCCc1ncno1. The summed E-state index contributed by atoms with van der Waals surface area (Å²) in [5, 5.41) is 6.70. The van der Waals surface area contributed by atoms with Gasteiger partial charge in [0.15, 0.2) is 6.33 Å². The van der Waals surface area contributed by atoms with Crippen LogP contribution in [0.2, 0.25) is 0 Å². The van der Waals surface area contributed by atoms with Gasteiger partial charge in [-0.1, -0.05) is 18.0 Å². The van der Waals surface area contributed by atoms with Gasteiger partial charge in [-0.2, -0.15) is 4.98 Å². The summed E-state index contributed by atoms with van der Waals surface area (Å²) in [7, 11) is 0. The second-order valence-corrected chi connectivity index (χ2v) is 2.67. The lowest BCUT2D eigenvalue weighted by molar-refractivity contribution is 0.373. The maximum Gasteiger partial charge on any atom is 0.227 e. The largest absolute Gasteiger partial charge is 0.340 e. The van der Waals surface area contributed by atoms with E-state index in [9.17, 15) is 0 Å². The summed E-state index contributed by atoms with van der Waals surface area (Å²) in [4.78, 5) is 3.90. The van der Waals surface area contributed by atoms with Crippen LogP contribution in [0.5, 0.6) is 0 Å². The molecule has 0 saturated carbocycles. The smallest absolute Gasteiger partial charge is 0.227 e. The molecule has 0 aliphatic heterocycles. The molecule has 0 fully saturated rings. The Labute approximate surface area is 77.7 Å². The standard InChI is InChI=1S/C9H13N3O/c1-3-8(4-2)10-6-5-9-11-7-12-13-9/h1,7-8,10H,4-6H2,2H3. The Morgan fingerprint density at radius 3 is 3.15 bits per heavy atom. The van der Waals surface area contributed by atoms with Crippen molar-refractivity contribution in [3.05, 3.63) is 12.2 Å². The monoisotopic (exact) mass is 179 g/mol. The number of terminal acetylenes is 1. The minimum absolute atomic E-state index is 0.142. The number of hydrogen-bond donors (Lipinski definition) is 1. The van der Waals surface area contributed by atoms with E-state index in [0.717, 1.165) is 19.4 Å². The number of nitrogens with one attached hydrogen (secondary N) is 1. The number of hydrogen-bond acceptors (Lipinski definition) is 4. The highest BCUT2D eigenvalue weighted by Crippen LogP contribution is 1.92. The number of rotatable bonds is 5. The fraction of sp³-hybridized carbons (Fsp3) is 0.556. The Bertz CT molecular complexity index is 263. The molecule has 4 heteroatoms. The molecular formula is C9H13N3O. The molecule has 13 heavy (non-hydrogen) atoms. The van der Waals surface area contributed by atoms with E-state index in [1.165, 1.54) is 6.33 Å². The molecule has 0 spiro atoms. The summed E-state index contributed by atoms with van der Waals surface area (Å²) in [5.41, 5.74) is 0. The van der Waals surface area contributed by atoms with Crippen molar-refractivity contribution in [3.8, 4) is 12.3 Å². The first-order valence-electron chi connectivity index (χ1n) is 4.32. The molecule has 1 heterocycles. The molecule has 0 aliphatic rings. The molecule has 1 unspecified atom stereocenters. The van der Waals surface area contributed by atoms with Crippen LogP contribution in [0.1, 0.15) is 19.2 Å². The van der Waals surface area contributed by atoms with Crippen LogP contribution < -0.4 is 5.32 Å². The van der Waals surface area contributed by atoms with Gasteiger partial charge in [-0.15, -0.1) is 6.42 Å². The van der Waals surface area contributed by atoms with Gasteiger partial charge in [0.1, 0.15) is 0 Å². The molecule has 0 saturated heterocycles. The van der Waals surface area contributed by atoms with Crippen molar-refractivity contribution >= 4 is 0 Å². The average molecular weight is 179 g/mol. The maximum atomic E-state index is 5.28. The molecule has 1 atom stereocenters. The third-order valence-corrected chi connectivity index (χ3v) is 1.75. The Morgan fingerprint density at radius 2 is 2.62 bits per heavy atom. The van der Waals surface area contributed by atoms with Crippen LogP contribution in [-0.2, 0) is 6.42 Å². The predicted octanol–water partition coefficient (Wildman–Crippen LogP) is 0.613. The molecule has 1 rings (SSSR count). The minimum atomic E-state index is 0.142. The minimum Gasteiger partial charge on any atom is -0.340 e. The first-order chi connectivity index (χ1) is 6.36. The Hall–Kier alpha value is -1.34. The number of nitrogens with zero attached hydrogens (tertiary/aromatic N) is 2. The van der Waals surface area contributed by atoms with E-state index in [1.54, 1.807) is 0 Å². The van der Waals surface area contributed by atoms with Gasteiger partial charge in [0.05, 0.1) is 6.04 Å². The van der Waals surface area contributed by atoms with Crippen LogP contribution in [0.4, 0.5) is 0 Å². The van der Waals surface area contributed by atoms with Crippen LogP contribution in [-0.4, -0.2) is 22.7 Å². The number of aromatic nitrogens is 2. The van der Waals surface area contributed by atoms with Crippen molar-refractivity contribution < 1.29 is 4.52 Å². The molecule has 0 aromatic carbocycles. The molecule has 0 amide bonds. The van der Waals surface area contributed by atoms with Crippen molar-refractivity contribution in [3.63, 3.8) is 0 Å². The molecule has 1 N–H and O–H groups in total. The van der Waals surface area contributed by atoms with E-state index in [2.05, 4.69) is 21.4 Å². The molecule has 0 bridgehead atoms. The van der Waals surface area contributed by atoms with Gasteiger partial charge >= 0.3 is 0 Å². The third-order valence-electron chi connectivity index (χ3n) is 1.75. The van der Waals surface area contributed by atoms with E-state index in [-0.39, 0.29) is 6.04 Å². The van der Waals surface area contributed by atoms with Crippen LogP contribution in [0.3, 0.4) is 0 Å². The van der Waals surface area contributed by atoms with Gasteiger partial charge in [-0.05, 0) is 6.42 Å². The van der Waals surface area contributed by atoms with E-state index in [0.29, 0.717) is 5.89 Å². The van der Waals surface area contributed by atoms with E-state index >= 15 is 0 Å². The molecule has 0 aliphatic carbocycles. The first-order valence-corrected chi connectivity index (χ1v) is 4.32. The van der Waals surface area contributed by atoms with Crippen molar-refractivity contribution in [2.24, 2.45) is 0 Å². The zero-order valence-corrected chi connectivity index (χ0v) is 7.66. The van der Waals surface area contributed by atoms with Gasteiger partial charge < -0.3 is 9.84 Å². The van der Waals surface area contributed by atoms with Crippen molar-refractivity contribution in [1.82, 2.24) is 15.5 Å². The molecule has 0 radical (unpaired) electrons. The van der Waals surface area contributed by atoms with E-state index in [1.807, 2.05) is 6.92 Å². The average Bonchev–Trinajstić information content (AvgIpc) is 2.65. The van der Waals surface area contributed by atoms with Crippen LogP contribution in [0.25, 0.3) is 0 Å². The summed E-state index contributed by atoms with van der Waals surface area (Å²) in [6.07, 6.45) is 8.33. The lowest BCUT2D eigenvalue weighted by atomic mass is 10.2. The lowest BCUT2D eigenvalue weighted by Gasteiger charge is -2.08. The van der Waals surface area contributed by atoms with Crippen molar-refractivity contribution in [2.45, 2.75) is 25.8 Å². The third kappa shape index (κ3) is 3.26. The van der Waals surface area contributed by atoms with Crippen LogP contribution in [0.15, 0.2) is 10.9 Å². The Morgan fingerprint density at radius 1 is 1.77 bits per heavy atom. The Kier molecular flexibility index (Phi) is 4.00. The first kappa shape index (κ1) is 9.75.